The van der Waals surface area contributed by atoms with E-state index in [1.54, 1.807) is 19.1 Å². The van der Waals surface area contributed by atoms with E-state index in [-0.39, 0.29) is 5.91 Å². The lowest BCUT2D eigenvalue weighted by atomic mass is 9.81. The smallest absolute Gasteiger partial charge is 0.242 e. The van der Waals surface area contributed by atoms with Crippen molar-refractivity contribution in [1.29, 1.82) is 0 Å². The molecule has 1 fully saturated rings. The Morgan fingerprint density at radius 1 is 1.17 bits per heavy atom. The second kappa shape index (κ2) is 7.21. The third-order valence-electron chi connectivity index (χ3n) is 4.77. The van der Waals surface area contributed by atoms with Gasteiger partial charge >= 0.3 is 0 Å². The van der Waals surface area contributed by atoms with Crippen LogP contribution in [0.1, 0.15) is 43.2 Å². The molecule has 0 spiro atoms. The molecule has 23 heavy (non-hydrogen) atoms. The van der Waals surface area contributed by atoms with Crippen LogP contribution in [-0.2, 0) is 11.3 Å². The van der Waals surface area contributed by atoms with Crippen LogP contribution < -0.4 is 15.2 Å². The first-order chi connectivity index (χ1) is 10.9. The molecule has 0 bridgehead atoms. The predicted molar refractivity (Wildman–Crippen MR) is 90.8 cm³/mol. The van der Waals surface area contributed by atoms with Crippen LogP contribution in [0.2, 0.25) is 0 Å². The number of hydrogen-bond donors (Lipinski definition) is 1. The Kier molecular flexibility index (Phi) is 5.52. The van der Waals surface area contributed by atoms with Crippen LogP contribution in [0.15, 0.2) is 12.1 Å². The van der Waals surface area contributed by atoms with E-state index in [1.807, 2.05) is 26.1 Å². The second-order valence-corrected chi connectivity index (χ2v) is 6.51. The average molecular weight is 320 g/mol. The minimum absolute atomic E-state index is 0.0337. The molecule has 0 saturated heterocycles. The van der Waals surface area contributed by atoms with Crippen LogP contribution in [0.3, 0.4) is 0 Å². The minimum Gasteiger partial charge on any atom is -0.493 e. The lowest BCUT2D eigenvalue weighted by Crippen LogP contribution is -2.55. The summed E-state index contributed by atoms with van der Waals surface area (Å²) in [6.07, 6.45) is 4.80. The molecule has 1 aromatic carbocycles. The van der Waals surface area contributed by atoms with Gasteiger partial charge in [0.25, 0.3) is 0 Å². The fraction of sp³-hybridized carbons (Fsp3) is 0.611. The largest absolute Gasteiger partial charge is 0.493 e. The Bertz CT molecular complexity index is 566. The molecule has 0 atom stereocenters. The van der Waals surface area contributed by atoms with E-state index >= 15 is 0 Å². The maximum atomic E-state index is 12.8. The molecule has 5 nitrogen and oxygen atoms in total. The summed E-state index contributed by atoms with van der Waals surface area (Å²) in [6, 6.07) is 3.87. The molecule has 1 aliphatic carbocycles. The highest BCUT2D eigenvalue weighted by Gasteiger charge is 2.37. The first kappa shape index (κ1) is 17.6. The third kappa shape index (κ3) is 3.78. The Hall–Kier alpha value is -1.75. The van der Waals surface area contributed by atoms with Gasteiger partial charge in [-0.2, -0.15) is 0 Å². The predicted octanol–water partition coefficient (Wildman–Crippen LogP) is 2.63. The molecule has 128 valence electrons. The molecule has 0 aromatic heterocycles. The maximum Gasteiger partial charge on any atom is 0.242 e. The molecule has 1 saturated carbocycles. The number of nitrogens with zero attached hydrogens (tertiary/aromatic N) is 1. The molecule has 1 aliphatic rings. The van der Waals surface area contributed by atoms with Crippen molar-refractivity contribution >= 4 is 5.91 Å². The van der Waals surface area contributed by atoms with Crippen molar-refractivity contribution in [2.75, 3.05) is 21.3 Å². The second-order valence-electron chi connectivity index (χ2n) is 6.51. The quantitative estimate of drug-likeness (QED) is 0.906. The molecule has 2 rings (SSSR count). The summed E-state index contributed by atoms with van der Waals surface area (Å²) in [5, 5.41) is 0. The Balaban J connectivity index is 2.16. The van der Waals surface area contributed by atoms with E-state index < -0.39 is 5.54 Å². The van der Waals surface area contributed by atoms with E-state index in [2.05, 4.69) is 0 Å². The Labute approximate surface area is 138 Å². The number of carbonyl (C=O) groups excluding carboxylic acids is 1. The number of benzene rings is 1. The molecule has 2 N–H and O–H groups in total. The molecule has 0 unspecified atom stereocenters. The highest BCUT2D eigenvalue weighted by molar-refractivity contribution is 5.86. The number of rotatable bonds is 5. The molecule has 1 amide bonds. The lowest BCUT2D eigenvalue weighted by Gasteiger charge is -2.35. The van der Waals surface area contributed by atoms with Crippen molar-refractivity contribution in [3.63, 3.8) is 0 Å². The summed E-state index contributed by atoms with van der Waals surface area (Å²) < 4.78 is 10.7. The minimum atomic E-state index is -0.697. The number of amides is 1. The van der Waals surface area contributed by atoms with Crippen molar-refractivity contribution in [2.45, 2.75) is 51.1 Å². The SMILES string of the molecule is COc1cc(C)c(CN(C)C(=O)C2(N)CCCCC2)cc1OC. The van der Waals surface area contributed by atoms with Crippen molar-refractivity contribution in [3.8, 4) is 11.5 Å². The highest BCUT2D eigenvalue weighted by Crippen LogP contribution is 2.32. The number of carbonyl (C=O) groups is 1. The van der Waals surface area contributed by atoms with Gasteiger partial charge in [-0.15, -0.1) is 0 Å². The molecule has 0 heterocycles. The highest BCUT2D eigenvalue weighted by atomic mass is 16.5. The van der Waals surface area contributed by atoms with Crippen molar-refractivity contribution < 1.29 is 14.3 Å². The van der Waals surface area contributed by atoms with Gasteiger partial charge in [0.15, 0.2) is 11.5 Å². The molecule has 5 heteroatoms. The van der Waals surface area contributed by atoms with E-state index in [4.69, 9.17) is 15.2 Å². The van der Waals surface area contributed by atoms with Crippen molar-refractivity contribution in [1.82, 2.24) is 4.90 Å². The summed E-state index contributed by atoms with van der Waals surface area (Å²) >= 11 is 0. The van der Waals surface area contributed by atoms with Crippen molar-refractivity contribution in [2.24, 2.45) is 5.73 Å². The number of nitrogens with two attached hydrogens (primary N) is 1. The molecule has 0 radical (unpaired) electrons. The first-order valence-electron chi connectivity index (χ1n) is 8.17. The van der Waals surface area contributed by atoms with Gasteiger partial charge in [-0.05, 0) is 43.0 Å². The molecular formula is C18H28N2O3. The van der Waals surface area contributed by atoms with Crippen LogP contribution in [-0.4, -0.2) is 37.6 Å². The normalized spacial score (nSPS) is 16.7. The Morgan fingerprint density at radius 2 is 1.74 bits per heavy atom. The topological polar surface area (TPSA) is 64.8 Å². The van der Waals surface area contributed by atoms with E-state index in [1.165, 1.54) is 6.42 Å². The van der Waals surface area contributed by atoms with E-state index in [0.29, 0.717) is 18.0 Å². The molecule has 1 aromatic rings. The Morgan fingerprint density at radius 3 is 2.30 bits per heavy atom. The van der Waals surface area contributed by atoms with Gasteiger partial charge in [0.1, 0.15) is 0 Å². The number of ether oxygens (including phenoxy) is 2. The van der Waals surface area contributed by atoms with E-state index in [9.17, 15) is 4.79 Å². The van der Waals surface area contributed by atoms with Gasteiger partial charge < -0.3 is 20.1 Å². The van der Waals surface area contributed by atoms with Crippen LogP contribution in [0.25, 0.3) is 0 Å². The van der Waals surface area contributed by atoms with Crippen molar-refractivity contribution in [3.05, 3.63) is 23.3 Å². The fourth-order valence-electron chi connectivity index (χ4n) is 3.30. The van der Waals surface area contributed by atoms with Gasteiger partial charge in [-0.25, -0.2) is 0 Å². The zero-order valence-corrected chi connectivity index (χ0v) is 14.6. The van der Waals surface area contributed by atoms with Gasteiger partial charge in [0.05, 0.1) is 19.8 Å². The maximum absolute atomic E-state index is 12.8. The van der Waals surface area contributed by atoms with Crippen LogP contribution >= 0.6 is 0 Å². The molecule has 0 aliphatic heterocycles. The summed E-state index contributed by atoms with van der Waals surface area (Å²) in [7, 11) is 5.05. The summed E-state index contributed by atoms with van der Waals surface area (Å²) in [4.78, 5) is 14.5. The monoisotopic (exact) mass is 320 g/mol. The number of methoxy groups -OCH3 is 2. The van der Waals surface area contributed by atoms with Crippen LogP contribution in [0.5, 0.6) is 11.5 Å². The summed E-state index contributed by atoms with van der Waals surface area (Å²) in [5.41, 5.74) is 7.77. The molecular weight excluding hydrogens is 292 g/mol. The van der Waals surface area contributed by atoms with Crippen LogP contribution in [0, 0.1) is 6.92 Å². The van der Waals surface area contributed by atoms with Gasteiger partial charge in [0.2, 0.25) is 5.91 Å². The fourth-order valence-corrected chi connectivity index (χ4v) is 3.30. The number of aryl methyl sites for hydroxylation is 1. The standard InChI is InChI=1S/C18H28N2O3/c1-13-10-15(22-3)16(23-4)11-14(13)12-20(2)17(21)18(19)8-6-5-7-9-18/h10-11H,5-9,12,19H2,1-4H3. The third-order valence-corrected chi connectivity index (χ3v) is 4.77. The van der Waals surface area contributed by atoms with Crippen LogP contribution in [0.4, 0.5) is 0 Å². The zero-order valence-electron chi connectivity index (χ0n) is 14.6. The summed E-state index contributed by atoms with van der Waals surface area (Å²) in [6.45, 7) is 2.53. The van der Waals surface area contributed by atoms with E-state index in [0.717, 1.165) is 36.8 Å². The van der Waals surface area contributed by atoms with Gasteiger partial charge in [-0.1, -0.05) is 19.3 Å². The lowest BCUT2D eigenvalue weighted by molar-refractivity contribution is -0.137. The number of likely N-dealkylation sites (N-methyl/N-ethyl adjacent to an activating group) is 1. The zero-order chi connectivity index (χ0) is 17.0. The van der Waals surface area contributed by atoms with Gasteiger partial charge in [-0.3, -0.25) is 4.79 Å². The average Bonchev–Trinajstić information content (AvgIpc) is 2.56. The first-order valence-corrected chi connectivity index (χ1v) is 8.17. The number of hydrogen-bond acceptors (Lipinski definition) is 4. The van der Waals surface area contributed by atoms with Gasteiger partial charge in [0, 0.05) is 13.6 Å². The summed E-state index contributed by atoms with van der Waals surface area (Å²) in [5.74, 6) is 1.41.